The van der Waals surface area contributed by atoms with Crippen molar-refractivity contribution < 1.29 is 0 Å². The van der Waals surface area contributed by atoms with Crippen LogP contribution >= 0.6 is 15.9 Å². The van der Waals surface area contributed by atoms with Gasteiger partial charge in [0.25, 0.3) is 0 Å². The monoisotopic (exact) mass is 275 g/mol. The Morgan fingerprint density at radius 2 is 1.93 bits per heavy atom. The van der Waals surface area contributed by atoms with Gasteiger partial charge in [0.05, 0.1) is 0 Å². The molecule has 90 valence electrons. The lowest BCUT2D eigenvalue weighted by atomic mass is 9.82. The van der Waals surface area contributed by atoms with Gasteiger partial charge in [-0.15, -0.1) is 0 Å². The molecule has 2 heteroatoms. The van der Waals surface area contributed by atoms with E-state index >= 15 is 0 Å². The summed E-state index contributed by atoms with van der Waals surface area (Å²) in [6.07, 6.45) is 5.42. The molecule has 1 fully saturated rings. The summed E-state index contributed by atoms with van der Waals surface area (Å²) in [4.78, 5) is 2.68. The van der Waals surface area contributed by atoms with E-state index < -0.39 is 0 Å². The molecule has 1 saturated heterocycles. The molecule has 1 heterocycles. The summed E-state index contributed by atoms with van der Waals surface area (Å²) in [6.45, 7) is 11.0. The highest BCUT2D eigenvalue weighted by atomic mass is 79.9. The lowest BCUT2D eigenvalue weighted by Gasteiger charge is -2.27. The lowest BCUT2D eigenvalue weighted by Crippen LogP contribution is -2.31. The Morgan fingerprint density at radius 1 is 1.27 bits per heavy atom. The summed E-state index contributed by atoms with van der Waals surface area (Å²) in [5.41, 5.74) is 0.643. The summed E-state index contributed by atoms with van der Waals surface area (Å²) < 4.78 is 0. The predicted molar refractivity (Wildman–Crippen MR) is 71.6 cm³/mol. The molecule has 15 heavy (non-hydrogen) atoms. The second kappa shape index (κ2) is 6.24. The second-order valence-electron chi connectivity index (χ2n) is 5.12. The van der Waals surface area contributed by atoms with Gasteiger partial charge in [0.15, 0.2) is 0 Å². The van der Waals surface area contributed by atoms with Crippen LogP contribution < -0.4 is 0 Å². The minimum Gasteiger partial charge on any atom is -0.302 e. The molecule has 0 radical (unpaired) electrons. The van der Waals surface area contributed by atoms with Gasteiger partial charge >= 0.3 is 0 Å². The molecule has 0 saturated carbocycles. The molecule has 0 aromatic carbocycles. The van der Waals surface area contributed by atoms with Gasteiger partial charge in [0, 0.05) is 18.4 Å². The minimum atomic E-state index is 0.643. The highest BCUT2D eigenvalue weighted by Gasteiger charge is 2.35. The van der Waals surface area contributed by atoms with Crippen molar-refractivity contribution in [2.24, 2.45) is 11.3 Å². The first-order valence-corrected chi connectivity index (χ1v) is 7.60. The molecule has 0 aromatic heterocycles. The number of likely N-dealkylation sites (tertiary alicyclic amines) is 1. The third kappa shape index (κ3) is 3.45. The fourth-order valence-electron chi connectivity index (χ4n) is 2.66. The van der Waals surface area contributed by atoms with Gasteiger partial charge in [-0.05, 0) is 37.1 Å². The molecule has 1 atom stereocenters. The van der Waals surface area contributed by atoms with Crippen molar-refractivity contribution in [2.45, 2.75) is 46.5 Å². The van der Waals surface area contributed by atoms with Gasteiger partial charge in [-0.3, -0.25) is 0 Å². The Balaban J connectivity index is 2.41. The van der Waals surface area contributed by atoms with E-state index in [4.69, 9.17) is 0 Å². The van der Waals surface area contributed by atoms with Crippen LogP contribution in [0, 0.1) is 11.3 Å². The van der Waals surface area contributed by atoms with E-state index in [0.717, 1.165) is 11.2 Å². The van der Waals surface area contributed by atoms with Crippen molar-refractivity contribution in [3.63, 3.8) is 0 Å². The zero-order valence-corrected chi connectivity index (χ0v) is 12.1. The van der Waals surface area contributed by atoms with E-state index in [9.17, 15) is 0 Å². The van der Waals surface area contributed by atoms with Crippen molar-refractivity contribution in [3.8, 4) is 0 Å². The molecule has 0 aliphatic carbocycles. The maximum Gasteiger partial charge on any atom is 0.00717 e. The fourth-order valence-corrected chi connectivity index (χ4v) is 3.33. The number of alkyl halides is 1. The van der Waals surface area contributed by atoms with Crippen molar-refractivity contribution in [3.05, 3.63) is 0 Å². The normalized spacial score (nSPS) is 23.2. The van der Waals surface area contributed by atoms with Crippen LogP contribution in [-0.2, 0) is 0 Å². The van der Waals surface area contributed by atoms with E-state index in [-0.39, 0.29) is 0 Å². The number of halogens is 1. The molecule has 0 amide bonds. The van der Waals surface area contributed by atoms with Crippen LogP contribution in [-0.4, -0.2) is 29.9 Å². The summed E-state index contributed by atoms with van der Waals surface area (Å²) in [5, 5.41) is 1.16. The summed E-state index contributed by atoms with van der Waals surface area (Å²) in [5.74, 6) is 0.842. The Hall–Kier alpha value is 0.440. The van der Waals surface area contributed by atoms with E-state index in [0.29, 0.717) is 5.41 Å². The molecule has 1 nitrogen and oxygen atoms in total. The van der Waals surface area contributed by atoms with Gasteiger partial charge in [0.2, 0.25) is 0 Å². The van der Waals surface area contributed by atoms with Crippen molar-refractivity contribution in [2.75, 3.05) is 25.0 Å². The first kappa shape index (κ1) is 13.5. The number of hydrogen-bond acceptors (Lipinski definition) is 1. The standard InChI is InChI=1S/C13H26BrN/c1-4-12(9-14)10-15-8-7-13(5-2,6-3)11-15/h12H,4-11H2,1-3H3. The smallest absolute Gasteiger partial charge is 0.00717 e. The average molecular weight is 276 g/mol. The van der Waals surface area contributed by atoms with Crippen LogP contribution in [0.1, 0.15) is 46.5 Å². The number of hydrogen-bond donors (Lipinski definition) is 0. The van der Waals surface area contributed by atoms with Crippen LogP contribution in [0.15, 0.2) is 0 Å². The number of rotatable bonds is 6. The van der Waals surface area contributed by atoms with Gasteiger partial charge in [-0.1, -0.05) is 43.1 Å². The van der Waals surface area contributed by atoms with Crippen LogP contribution in [0.25, 0.3) is 0 Å². The summed E-state index contributed by atoms with van der Waals surface area (Å²) in [6, 6.07) is 0. The van der Waals surface area contributed by atoms with Gasteiger partial charge in [-0.25, -0.2) is 0 Å². The van der Waals surface area contributed by atoms with Crippen LogP contribution in [0.4, 0.5) is 0 Å². The maximum absolute atomic E-state index is 3.62. The van der Waals surface area contributed by atoms with Gasteiger partial charge in [0.1, 0.15) is 0 Å². The quantitative estimate of drug-likeness (QED) is 0.665. The predicted octanol–water partition coefficient (Wildman–Crippen LogP) is 3.92. The topological polar surface area (TPSA) is 3.24 Å². The molecule has 1 unspecified atom stereocenters. The van der Waals surface area contributed by atoms with E-state index in [2.05, 4.69) is 41.6 Å². The molecular formula is C13H26BrN. The van der Waals surface area contributed by atoms with Crippen molar-refractivity contribution >= 4 is 15.9 Å². The van der Waals surface area contributed by atoms with Crippen molar-refractivity contribution in [1.29, 1.82) is 0 Å². The zero-order valence-electron chi connectivity index (χ0n) is 10.6. The Bertz CT molecular complexity index is 173. The second-order valence-corrected chi connectivity index (χ2v) is 5.77. The van der Waals surface area contributed by atoms with Crippen LogP contribution in [0.2, 0.25) is 0 Å². The average Bonchev–Trinajstić information content (AvgIpc) is 2.70. The fraction of sp³-hybridized carbons (Fsp3) is 1.00. The molecule has 1 rings (SSSR count). The molecule has 0 spiro atoms. The van der Waals surface area contributed by atoms with E-state index in [1.54, 1.807) is 0 Å². The first-order valence-electron chi connectivity index (χ1n) is 6.48. The first-order chi connectivity index (χ1) is 7.19. The third-order valence-corrected chi connectivity index (χ3v) is 5.25. The van der Waals surface area contributed by atoms with Gasteiger partial charge in [-0.2, -0.15) is 0 Å². The molecule has 0 aromatic rings. The SMILES string of the molecule is CCC(CBr)CN1CCC(CC)(CC)C1. The third-order valence-electron chi connectivity index (χ3n) is 4.33. The van der Waals surface area contributed by atoms with Crippen LogP contribution in [0.3, 0.4) is 0 Å². The molecule has 0 N–H and O–H groups in total. The van der Waals surface area contributed by atoms with E-state index in [1.165, 1.54) is 45.3 Å². The van der Waals surface area contributed by atoms with Crippen LogP contribution in [0.5, 0.6) is 0 Å². The summed E-state index contributed by atoms with van der Waals surface area (Å²) in [7, 11) is 0. The van der Waals surface area contributed by atoms with E-state index in [1.807, 2.05) is 0 Å². The summed E-state index contributed by atoms with van der Waals surface area (Å²) >= 11 is 3.62. The molecule has 1 aliphatic rings. The highest BCUT2D eigenvalue weighted by molar-refractivity contribution is 9.09. The lowest BCUT2D eigenvalue weighted by molar-refractivity contribution is 0.222. The largest absolute Gasteiger partial charge is 0.302 e. The highest BCUT2D eigenvalue weighted by Crippen LogP contribution is 2.37. The molecular weight excluding hydrogens is 250 g/mol. The molecule has 1 aliphatic heterocycles. The maximum atomic E-state index is 3.62. The minimum absolute atomic E-state index is 0.643. The van der Waals surface area contributed by atoms with Crippen molar-refractivity contribution in [1.82, 2.24) is 4.90 Å². The Morgan fingerprint density at radius 3 is 2.33 bits per heavy atom. The van der Waals surface area contributed by atoms with Gasteiger partial charge < -0.3 is 4.90 Å². The Labute approximate surface area is 104 Å². The molecule has 0 bridgehead atoms. The Kier molecular flexibility index (Phi) is 5.62. The number of nitrogens with zero attached hydrogens (tertiary/aromatic N) is 1. The zero-order chi connectivity index (χ0) is 11.3.